The largest absolute Gasteiger partial charge is 0.356 e. The van der Waals surface area contributed by atoms with E-state index in [0.29, 0.717) is 117 Å². The van der Waals surface area contributed by atoms with Crippen LogP contribution < -0.4 is 16.0 Å². The maximum atomic E-state index is 12.4. The van der Waals surface area contributed by atoms with Gasteiger partial charge in [-0.15, -0.1) is 0 Å². The first-order chi connectivity index (χ1) is 30.6. The topological polar surface area (TPSA) is 295 Å². The van der Waals surface area contributed by atoms with Gasteiger partial charge in [-0.3, -0.25) is 54.0 Å². The van der Waals surface area contributed by atoms with Crippen molar-refractivity contribution >= 4 is 52.8 Å². The lowest BCUT2D eigenvalue weighted by molar-refractivity contribution is -0.166. The Balaban J connectivity index is 2.01. The number of unbranched alkanes of at least 4 members (excludes halogenated alkanes) is 9. The summed E-state index contributed by atoms with van der Waals surface area (Å²) in [7, 11) is 1.69. The molecule has 1 aromatic carbocycles. The van der Waals surface area contributed by atoms with Crippen LogP contribution in [0.1, 0.15) is 146 Å². The second kappa shape index (κ2) is 34.8. The molecule has 21 nitrogen and oxygen atoms in total. The van der Waals surface area contributed by atoms with E-state index in [4.69, 9.17) is 5.53 Å². The lowest BCUT2D eigenvalue weighted by Crippen LogP contribution is -2.31. The summed E-state index contributed by atoms with van der Waals surface area (Å²) in [5, 5.41) is 43.0. The molecule has 0 fully saturated rings. The van der Waals surface area contributed by atoms with E-state index in [1.54, 1.807) is 36.2 Å². The summed E-state index contributed by atoms with van der Waals surface area (Å²) in [6, 6.07) is 6.30. The summed E-state index contributed by atoms with van der Waals surface area (Å²) in [4.78, 5) is 101. The Morgan fingerprint density at radius 3 is 1.48 bits per heavy atom. The van der Waals surface area contributed by atoms with Crippen LogP contribution in [-0.2, 0) is 33.6 Å². The van der Waals surface area contributed by atoms with Crippen LogP contribution in [0.4, 0.5) is 5.69 Å². The molecule has 0 unspecified atom stereocenters. The number of nitrogens with zero attached hydrogens (tertiary/aromatic N) is 7. The van der Waals surface area contributed by atoms with Gasteiger partial charge in [-0.1, -0.05) is 30.1 Å². The minimum absolute atomic E-state index is 0.0118. The molecule has 6 N–H and O–H groups in total. The van der Waals surface area contributed by atoms with Crippen molar-refractivity contribution in [3.05, 3.63) is 40.3 Å². The van der Waals surface area contributed by atoms with Gasteiger partial charge in [0.15, 0.2) is 0 Å². The van der Waals surface area contributed by atoms with Gasteiger partial charge in [0.1, 0.15) is 5.78 Å². The summed E-state index contributed by atoms with van der Waals surface area (Å²) in [6.45, 7) is 3.50. The Hall–Kier alpha value is -5.63. The molecule has 0 bridgehead atoms. The second-order valence-corrected chi connectivity index (χ2v) is 15.6. The minimum atomic E-state index is -0.562. The van der Waals surface area contributed by atoms with E-state index in [0.717, 1.165) is 19.3 Å². The number of hydrogen-bond acceptors (Lipinski definition) is 12. The molecule has 0 atom stereocenters. The Morgan fingerprint density at radius 1 is 0.531 bits per heavy atom. The van der Waals surface area contributed by atoms with Gasteiger partial charge in [-0.05, 0) is 88.3 Å². The van der Waals surface area contributed by atoms with Gasteiger partial charge in [-0.25, -0.2) is 15.2 Å². The number of Topliss-reactive ketones (excluding diaryl/α,β-unsaturated/α-hetero) is 1. The van der Waals surface area contributed by atoms with Gasteiger partial charge in [-0.2, -0.15) is 0 Å². The first-order valence-corrected chi connectivity index (χ1v) is 22.3. The number of benzene rings is 1. The maximum absolute atomic E-state index is 12.4. The highest BCUT2D eigenvalue weighted by Gasteiger charge is 2.16. The van der Waals surface area contributed by atoms with Gasteiger partial charge in [0.2, 0.25) is 35.4 Å². The van der Waals surface area contributed by atoms with E-state index in [-0.39, 0.29) is 94.0 Å². The number of amides is 7. The van der Waals surface area contributed by atoms with E-state index in [2.05, 4.69) is 26.0 Å². The highest BCUT2D eigenvalue weighted by atomic mass is 16.5. The number of nitrogens with one attached hydrogen (secondary N) is 3. The molecule has 0 aliphatic carbocycles. The monoisotopic (exact) mass is 903 g/mol. The molecule has 0 radical (unpaired) electrons. The van der Waals surface area contributed by atoms with E-state index >= 15 is 0 Å². The molecule has 0 heterocycles. The van der Waals surface area contributed by atoms with E-state index in [9.17, 15) is 54.0 Å². The van der Waals surface area contributed by atoms with Gasteiger partial charge in [0.25, 0.3) is 5.91 Å². The van der Waals surface area contributed by atoms with Crippen molar-refractivity contribution in [1.29, 1.82) is 0 Å². The summed E-state index contributed by atoms with van der Waals surface area (Å²) < 4.78 is 0. The maximum Gasteiger partial charge on any atom is 0.251 e. The molecule has 21 heteroatoms. The van der Waals surface area contributed by atoms with E-state index in [1.807, 2.05) is 0 Å². The Bertz CT molecular complexity index is 1660. The molecule has 1 aromatic rings. The predicted octanol–water partition coefficient (Wildman–Crippen LogP) is 5.09. The summed E-state index contributed by atoms with van der Waals surface area (Å²) >= 11 is 0. The zero-order chi connectivity index (χ0) is 47.5. The van der Waals surface area contributed by atoms with Gasteiger partial charge in [0.05, 0.1) is 0 Å². The fraction of sp³-hybridized carbons (Fsp3) is 0.674. The fourth-order valence-electron chi connectivity index (χ4n) is 6.18. The molecule has 0 aliphatic heterocycles. The van der Waals surface area contributed by atoms with Gasteiger partial charge < -0.3 is 20.9 Å². The average molecular weight is 903 g/mol. The molecule has 358 valence electrons. The Morgan fingerprint density at radius 2 is 0.969 bits per heavy atom. The number of carbonyl (C=O) groups is 8. The van der Waals surface area contributed by atoms with Gasteiger partial charge >= 0.3 is 0 Å². The summed E-state index contributed by atoms with van der Waals surface area (Å²) in [5.41, 5.74) is 9.36. The Labute approximate surface area is 375 Å². The normalized spacial score (nSPS) is 10.6. The first kappa shape index (κ1) is 56.4. The van der Waals surface area contributed by atoms with E-state index in [1.165, 1.54) is 6.92 Å². The average Bonchev–Trinajstić information content (AvgIpc) is 3.28. The molecule has 0 saturated carbocycles. The molecular formula is C43H70N10O11. The highest BCUT2D eigenvalue weighted by Crippen LogP contribution is 2.13. The van der Waals surface area contributed by atoms with Crippen molar-refractivity contribution < 1.29 is 54.0 Å². The van der Waals surface area contributed by atoms with Crippen molar-refractivity contribution in [2.75, 3.05) is 52.9 Å². The first-order valence-electron chi connectivity index (χ1n) is 22.3. The third-order valence-corrected chi connectivity index (χ3v) is 10.2. The molecule has 0 saturated heterocycles. The lowest BCUT2D eigenvalue weighted by atomic mass is 10.1. The van der Waals surface area contributed by atoms with Crippen LogP contribution in [0.2, 0.25) is 0 Å². The quantitative estimate of drug-likeness (QED) is 0.0129. The molecule has 7 amide bonds. The number of hydrogen-bond donors (Lipinski definition) is 6. The van der Waals surface area contributed by atoms with Crippen LogP contribution in [0.15, 0.2) is 29.4 Å². The molecule has 0 spiro atoms. The summed E-state index contributed by atoms with van der Waals surface area (Å²) in [5.74, 6) is -2.54. The number of hydroxylamine groups is 6. The second-order valence-electron chi connectivity index (χ2n) is 15.6. The zero-order valence-electron chi connectivity index (χ0n) is 37.6. The summed E-state index contributed by atoms with van der Waals surface area (Å²) in [6.07, 6.45) is 8.57. The van der Waals surface area contributed by atoms with Crippen molar-refractivity contribution in [3.8, 4) is 0 Å². The van der Waals surface area contributed by atoms with Crippen molar-refractivity contribution in [1.82, 2.24) is 36.0 Å². The third kappa shape index (κ3) is 28.1. The van der Waals surface area contributed by atoms with Gasteiger partial charge in [0, 0.05) is 121 Å². The van der Waals surface area contributed by atoms with Crippen molar-refractivity contribution in [2.24, 2.45) is 5.11 Å². The molecule has 1 rings (SSSR count). The van der Waals surface area contributed by atoms with Crippen LogP contribution >= 0.6 is 0 Å². The number of azide groups is 1. The van der Waals surface area contributed by atoms with Crippen LogP contribution in [0.5, 0.6) is 0 Å². The smallest absolute Gasteiger partial charge is 0.251 e. The van der Waals surface area contributed by atoms with Crippen molar-refractivity contribution in [2.45, 2.75) is 135 Å². The Kier molecular flexibility index (Phi) is 30.7. The molecule has 0 aromatic heterocycles. The van der Waals surface area contributed by atoms with Crippen LogP contribution in [0, 0.1) is 0 Å². The number of carbonyl (C=O) groups excluding carboxylic acids is 8. The lowest BCUT2D eigenvalue weighted by Gasteiger charge is -2.17. The van der Waals surface area contributed by atoms with Crippen LogP contribution in [0.25, 0.3) is 10.4 Å². The highest BCUT2D eigenvalue weighted by molar-refractivity contribution is 5.94. The third-order valence-electron chi connectivity index (χ3n) is 10.2. The fourth-order valence-corrected chi connectivity index (χ4v) is 6.18. The van der Waals surface area contributed by atoms with E-state index < -0.39 is 17.7 Å². The van der Waals surface area contributed by atoms with Crippen molar-refractivity contribution in [3.63, 3.8) is 0 Å². The number of ketones is 1. The molecule has 0 aliphatic rings. The number of rotatable bonds is 36. The zero-order valence-corrected chi connectivity index (χ0v) is 37.6. The molecule has 64 heavy (non-hydrogen) atoms. The standard InChI is InChI=1S/C43H70N10O11/c1-34(54)51(62)31-14-6-9-27-46-39(57)23-26-42(60)53(64)32-13-4-3-8-16-37(55)21-24-41(59)52(63)33-15-7-10-28-45-38(56)22-25-40(58)50(2)30-12-5-11-29-47-43(61)35-17-19-36(20-18-35)48-49-44/h17-20,62-64H,3-16,21-33H2,1-2H3,(H,45,56)(H,46,57)(H,47,61). The predicted molar refractivity (Wildman–Crippen MR) is 235 cm³/mol. The SMILES string of the molecule is CC(=O)N(O)CCCCCNC(=O)CCC(=O)N(O)CCCCCCC(=O)CCC(=O)N(O)CCCCCNC(=O)CCC(=O)N(C)CCCCCNC(=O)c1ccc(N=[N+]=[N-])cc1. The molecular weight excluding hydrogens is 833 g/mol. The minimum Gasteiger partial charge on any atom is -0.356 e. The van der Waals surface area contributed by atoms with Crippen LogP contribution in [-0.4, -0.2) is 136 Å². The van der Waals surface area contributed by atoms with Crippen LogP contribution in [0.3, 0.4) is 0 Å².